The van der Waals surface area contributed by atoms with Crippen molar-refractivity contribution in [2.45, 2.75) is 151 Å². The van der Waals surface area contributed by atoms with Gasteiger partial charge < -0.3 is 23.4 Å². The van der Waals surface area contributed by atoms with Gasteiger partial charge in [-0.15, -0.1) is 0 Å². The van der Waals surface area contributed by atoms with Crippen LogP contribution in [0.25, 0.3) is 20.9 Å². The summed E-state index contributed by atoms with van der Waals surface area (Å²) >= 11 is 0. The second kappa shape index (κ2) is 24.0. The number of ether oxygens (including phenoxy) is 4. The lowest BCUT2D eigenvalue weighted by Gasteiger charge is -2.35. The fraction of sp³-hybridized carbons (Fsp3) is 0.469. The molecule has 13 nitrogen and oxygen atoms in total. The Kier molecular flexibility index (Phi) is 21.0. The lowest BCUT2D eigenvalue weighted by molar-refractivity contribution is 0.0712. The third-order valence-corrected chi connectivity index (χ3v) is 12.5. The molecule has 0 fully saturated rings. The van der Waals surface area contributed by atoms with Gasteiger partial charge in [-0.3, -0.25) is 4.79 Å². The molecule has 63 heavy (non-hydrogen) atoms. The zero-order chi connectivity index (χ0) is 48.3. The molecule has 0 aliphatic rings. The van der Waals surface area contributed by atoms with Crippen LogP contribution in [0, 0.1) is 0 Å². The quantitative estimate of drug-likeness (QED) is 0.0500. The first-order valence-electron chi connectivity index (χ1n) is 20.7. The van der Waals surface area contributed by atoms with E-state index in [1.54, 1.807) is 60.7 Å². The summed E-state index contributed by atoms with van der Waals surface area (Å²) in [5.41, 5.74) is 18.3. The number of benzene rings is 4. The molecular formula is C49H70N6O7Si. The third kappa shape index (κ3) is 24.9. The first-order valence-corrected chi connectivity index (χ1v) is 23.7. The molecule has 0 radical (unpaired) electrons. The average molecular weight is 883 g/mol. The van der Waals surface area contributed by atoms with Crippen molar-refractivity contribution in [3.63, 3.8) is 0 Å². The maximum atomic E-state index is 12.3. The molecule has 14 heteroatoms. The van der Waals surface area contributed by atoms with Crippen LogP contribution in [-0.4, -0.2) is 43.0 Å². The molecule has 0 atom stereocenters. The highest BCUT2D eigenvalue weighted by Crippen LogP contribution is 2.37. The maximum Gasteiger partial charge on any atom is 0.324 e. The smallest absolute Gasteiger partial charge is 0.324 e. The van der Waals surface area contributed by atoms with Crippen LogP contribution in [0.5, 0.6) is 23.0 Å². The number of rotatable bonds is 10. The Bertz CT molecular complexity index is 2090. The molecule has 0 aliphatic heterocycles. The zero-order valence-electron chi connectivity index (χ0n) is 40.6. The first-order chi connectivity index (χ1) is 28.8. The van der Waals surface area contributed by atoms with Gasteiger partial charge >= 0.3 is 5.97 Å². The summed E-state index contributed by atoms with van der Waals surface area (Å²) in [5.74, 6) is 2.90. The van der Waals surface area contributed by atoms with E-state index in [4.69, 9.17) is 34.4 Å². The van der Waals surface area contributed by atoms with Crippen molar-refractivity contribution in [2.75, 3.05) is 0 Å². The number of hydrogen-bond donors (Lipinski definition) is 0. The molecule has 4 aromatic rings. The molecule has 4 aromatic carbocycles. The lowest BCUT2D eigenvalue weighted by atomic mass is 10.2. The number of azide groups is 2. The first kappa shape index (κ1) is 55.1. The molecule has 0 saturated heterocycles. The van der Waals surface area contributed by atoms with Crippen molar-refractivity contribution in [1.29, 1.82) is 0 Å². The van der Waals surface area contributed by atoms with Crippen LogP contribution >= 0.6 is 0 Å². The topological polar surface area (TPSA) is 178 Å². The van der Waals surface area contributed by atoms with Gasteiger partial charge in [-0.25, -0.2) is 4.79 Å². The van der Waals surface area contributed by atoms with Gasteiger partial charge in [-0.2, -0.15) is 0 Å². The van der Waals surface area contributed by atoms with E-state index in [1.807, 2.05) is 119 Å². The molecule has 0 unspecified atom stereocenters. The molecule has 0 bridgehead atoms. The summed E-state index contributed by atoms with van der Waals surface area (Å²) in [4.78, 5) is 28.0. The Morgan fingerprint density at radius 1 is 0.556 bits per heavy atom. The summed E-state index contributed by atoms with van der Waals surface area (Å²) in [5, 5.41) is 6.97. The summed E-state index contributed by atoms with van der Waals surface area (Å²) in [6, 6.07) is 28.8. The standard InChI is InChI=1S/C17H28O3Si.C11H15N3O.C11H14O2.C10H13N3O/c1-16(2,3)19-14-11-9-13(10-12-14)15(18)20-21(7,8)17(4,5)6;1-11(2,3)15-10-6-4-9(5-7-10)8-13-14-12;1-11(2,3)13-10-6-4-9(8-12)5-7-10;1-10(2,3)14-9-6-4-8(5-7-9)12-13-11/h9-12H,1-8H3;4-7H,8H2,1-3H3;4-8H,1-3H3;4-7H,1-3H3. The van der Waals surface area contributed by atoms with E-state index in [-0.39, 0.29) is 33.4 Å². The van der Waals surface area contributed by atoms with Gasteiger partial charge in [-0.05, 0) is 203 Å². The normalized spacial score (nSPS) is 11.4. The molecule has 0 amide bonds. The van der Waals surface area contributed by atoms with Gasteiger partial charge in [0.1, 0.15) is 51.7 Å². The van der Waals surface area contributed by atoms with E-state index in [0.717, 1.165) is 34.8 Å². The highest BCUT2D eigenvalue weighted by molar-refractivity contribution is 6.75. The Morgan fingerprint density at radius 2 is 0.905 bits per heavy atom. The molecular weight excluding hydrogens is 813 g/mol. The predicted octanol–water partition coefficient (Wildman–Crippen LogP) is 15.2. The predicted molar refractivity (Wildman–Crippen MR) is 257 cm³/mol. The van der Waals surface area contributed by atoms with Crippen LogP contribution in [0.2, 0.25) is 18.1 Å². The van der Waals surface area contributed by atoms with Gasteiger partial charge in [0.25, 0.3) is 8.32 Å². The summed E-state index contributed by atoms with van der Waals surface area (Å²) in [6.07, 6.45) is 0.820. The van der Waals surface area contributed by atoms with Crippen LogP contribution in [-0.2, 0) is 11.0 Å². The van der Waals surface area contributed by atoms with Crippen LogP contribution in [0.1, 0.15) is 130 Å². The molecule has 0 spiro atoms. The van der Waals surface area contributed by atoms with E-state index in [2.05, 4.69) is 53.9 Å². The van der Waals surface area contributed by atoms with Crippen molar-refractivity contribution in [1.82, 2.24) is 0 Å². The van der Waals surface area contributed by atoms with Gasteiger partial charge in [0.15, 0.2) is 0 Å². The third-order valence-electron chi connectivity index (χ3n) is 8.19. The molecule has 4 rings (SSSR count). The van der Waals surface area contributed by atoms with Crippen LogP contribution in [0.3, 0.4) is 0 Å². The average Bonchev–Trinajstić information content (AvgIpc) is 3.14. The Morgan fingerprint density at radius 3 is 1.22 bits per heavy atom. The van der Waals surface area contributed by atoms with Crippen molar-refractivity contribution < 1.29 is 33.0 Å². The van der Waals surface area contributed by atoms with Gasteiger partial charge in [0, 0.05) is 21.1 Å². The van der Waals surface area contributed by atoms with E-state index in [1.165, 1.54) is 0 Å². The lowest BCUT2D eigenvalue weighted by Crippen LogP contribution is -2.42. The van der Waals surface area contributed by atoms with Crippen molar-refractivity contribution in [3.8, 4) is 23.0 Å². The molecule has 0 saturated carbocycles. The van der Waals surface area contributed by atoms with Crippen LogP contribution in [0.15, 0.2) is 107 Å². The van der Waals surface area contributed by atoms with Crippen molar-refractivity contribution in [2.24, 2.45) is 10.2 Å². The largest absolute Gasteiger partial charge is 0.516 e. The van der Waals surface area contributed by atoms with Gasteiger partial charge in [-0.1, -0.05) is 43.1 Å². The second-order valence-electron chi connectivity index (χ2n) is 19.9. The fourth-order valence-corrected chi connectivity index (χ4v) is 5.43. The molecule has 0 aliphatic carbocycles. The monoisotopic (exact) mass is 883 g/mol. The van der Waals surface area contributed by atoms with Gasteiger partial charge in [0.05, 0.1) is 12.1 Å². The van der Waals surface area contributed by atoms with Crippen molar-refractivity contribution in [3.05, 3.63) is 135 Å². The Labute approximate surface area is 376 Å². The SMILES string of the molecule is CC(C)(C)Oc1ccc(C(=O)O[Si](C)(C)C(C)(C)C)cc1.CC(C)(C)Oc1ccc(C=O)cc1.CC(C)(C)Oc1ccc(CN=[N+]=[N-])cc1.CC(C)(C)Oc1ccc(N=[N+]=[N-])cc1. The molecule has 0 heterocycles. The van der Waals surface area contributed by atoms with E-state index in [9.17, 15) is 9.59 Å². The van der Waals surface area contributed by atoms with Crippen molar-refractivity contribution >= 4 is 26.3 Å². The van der Waals surface area contributed by atoms with Gasteiger partial charge in [0.2, 0.25) is 0 Å². The van der Waals surface area contributed by atoms with E-state index in [0.29, 0.717) is 23.4 Å². The number of carbonyl (C=O) groups is 2. The Hall–Kier alpha value is -5.94. The van der Waals surface area contributed by atoms with E-state index >= 15 is 0 Å². The maximum absolute atomic E-state index is 12.3. The summed E-state index contributed by atoms with van der Waals surface area (Å²) < 4.78 is 28.4. The number of aldehydes is 1. The molecule has 0 N–H and O–H groups in total. The second-order valence-corrected chi connectivity index (χ2v) is 24.7. The Balaban J connectivity index is 0.000000428. The molecule has 0 aromatic heterocycles. The minimum absolute atomic E-state index is 0.0119. The van der Waals surface area contributed by atoms with Crippen LogP contribution in [0.4, 0.5) is 5.69 Å². The highest BCUT2D eigenvalue weighted by atomic mass is 28.4. The number of hydrogen-bond acceptors (Lipinski definition) is 9. The zero-order valence-corrected chi connectivity index (χ0v) is 41.6. The van der Waals surface area contributed by atoms with E-state index < -0.39 is 8.32 Å². The summed E-state index contributed by atoms with van der Waals surface area (Å²) in [7, 11) is -2.08. The molecule has 342 valence electrons. The summed E-state index contributed by atoms with van der Waals surface area (Å²) in [6.45, 7) is 34.8. The highest BCUT2D eigenvalue weighted by Gasteiger charge is 2.40. The number of nitrogens with zero attached hydrogens (tertiary/aromatic N) is 6. The number of carbonyl (C=O) groups excluding carboxylic acids is 2. The minimum Gasteiger partial charge on any atom is -0.516 e. The minimum atomic E-state index is -2.08. The fourth-order valence-electron chi connectivity index (χ4n) is 4.54. The van der Waals surface area contributed by atoms with Crippen LogP contribution < -0.4 is 18.9 Å².